The molecule has 112 valence electrons. The van der Waals surface area contributed by atoms with Crippen molar-refractivity contribution in [1.29, 1.82) is 0 Å². The van der Waals surface area contributed by atoms with Crippen LogP contribution >= 0.6 is 0 Å². The number of ether oxygens (including phenoxy) is 1. The number of anilines is 1. The number of carboxylic acids is 1. The predicted octanol–water partition coefficient (Wildman–Crippen LogP) is 1.95. The predicted molar refractivity (Wildman–Crippen MR) is 72.3 cm³/mol. The van der Waals surface area contributed by atoms with Gasteiger partial charge in [-0.2, -0.15) is 0 Å². The maximum atomic E-state index is 13.7. The van der Waals surface area contributed by atoms with E-state index in [4.69, 9.17) is 4.74 Å². The Kier molecular flexibility index (Phi) is 3.41. The van der Waals surface area contributed by atoms with Crippen molar-refractivity contribution < 1.29 is 23.8 Å². The summed E-state index contributed by atoms with van der Waals surface area (Å²) in [6, 6.07) is 4.40. The molecule has 2 aliphatic rings. The largest absolute Gasteiger partial charge is 0.481 e. The molecule has 2 bridgehead atoms. The minimum absolute atomic E-state index is 0.0758. The lowest BCUT2D eigenvalue weighted by Gasteiger charge is -2.24. The van der Waals surface area contributed by atoms with Gasteiger partial charge in [-0.15, -0.1) is 0 Å². The van der Waals surface area contributed by atoms with Gasteiger partial charge < -0.3 is 15.2 Å². The van der Waals surface area contributed by atoms with Gasteiger partial charge in [-0.3, -0.25) is 9.59 Å². The van der Waals surface area contributed by atoms with Gasteiger partial charge in [0.1, 0.15) is 5.82 Å². The number of carboxylic acid groups (broad SMARTS) is 1. The van der Waals surface area contributed by atoms with Gasteiger partial charge in [-0.25, -0.2) is 4.39 Å². The second-order valence-electron chi connectivity index (χ2n) is 5.65. The number of rotatable bonds is 3. The minimum atomic E-state index is -1.04. The zero-order valence-corrected chi connectivity index (χ0v) is 11.5. The minimum Gasteiger partial charge on any atom is -0.481 e. The summed E-state index contributed by atoms with van der Waals surface area (Å²) in [5, 5.41) is 11.8. The molecule has 1 amide bonds. The van der Waals surface area contributed by atoms with Crippen molar-refractivity contribution in [2.45, 2.75) is 32.0 Å². The normalized spacial score (nSPS) is 30.4. The number of carbonyl (C=O) groups excluding carboxylic acids is 1. The molecular formula is C15H16FNO4. The van der Waals surface area contributed by atoms with E-state index in [2.05, 4.69) is 5.32 Å². The van der Waals surface area contributed by atoms with Crippen molar-refractivity contribution >= 4 is 17.6 Å². The molecule has 2 aliphatic heterocycles. The van der Waals surface area contributed by atoms with E-state index in [1.54, 1.807) is 13.0 Å². The van der Waals surface area contributed by atoms with E-state index in [-0.39, 0.29) is 11.8 Å². The number of hydrogen-bond acceptors (Lipinski definition) is 3. The molecule has 1 aromatic carbocycles. The van der Waals surface area contributed by atoms with E-state index in [0.29, 0.717) is 12.8 Å². The summed E-state index contributed by atoms with van der Waals surface area (Å²) in [7, 11) is 0. The topological polar surface area (TPSA) is 75.6 Å². The van der Waals surface area contributed by atoms with Gasteiger partial charge in [0.15, 0.2) is 0 Å². The first-order valence-electron chi connectivity index (χ1n) is 6.92. The number of hydrogen-bond donors (Lipinski definition) is 2. The van der Waals surface area contributed by atoms with Crippen LogP contribution in [0.5, 0.6) is 0 Å². The third-order valence-electron chi connectivity index (χ3n) is 4.24. The van der Waals surface area contributed by atoms with Crippen LogP contribution in [-0.4, -0.2) is 29.2 Å². The Morgan fingerprint density at radius 3 is 2.62 bits per heavy atom. The number of nitrogens with one attached hydrogen (secondary N) is 1. The molecule has 2 heterocycles. The first kappa shape index (κ1) is 14.0. The van der Waals surface area contributed by atoms with Gasteiger partial charge in [-0.05, 0) is 37.5 Å². The first-order valence-corrected chi connectivity index (χ1v) is 6.92. The van der Waals surface area contributed by atoms with Crippen molar-refractivity contribution in [3.8, 4) is 0 Å². The molecule has 2 N–H and O–H groups in total. The van der Waals surface area contributed by atoms with Gasteiger partial charge in [0.05, 0.1) is 29.7 Å². The maximum absolute atomic E-state index is 13.7. The van der Waals surface area contributed by atoms with Crippen molar-refractivity contribution in [1.82, 2.24) is 0 Å². The zero-order chi connectivity index (χ0) is 15.1. The summed E-state index contributed by atoms with van der Waals surface area (Å²) >= 11 is 0. The molecule has 2 fully saturated rings. The van der Waals surface area contributed by atoms with Crippen molar-refractivity contribution in [2.24, 2.45) is 11.8 Å². The maximum Gasteiger partial charge on any atom is 0.310 e. The number of carbonyl (C=O) groups is 2. The summed E-state index contributed by atoms with van der Waals surface area (Å²) < 4.78 is 19.2. The van der Waals surface area contributed by atoms with Crippen LogP contribution in [0.25, 0.3) is 0 Å². The molecule has 0 saturated carbocycles. The number of benzene rings is 1. The monoisotopic (exact) mass is 293 g/mol. The third-order valence-corrected chi connectivity index (χ3v) is 4.24. The lowest BCUT2D eigenvalue weighted by atomic mass is 9.78. The number of aryl methyl sites for hydroxylation is 1. The Hall–Kier alpha value is -1.95. The Labute approximate surface area is 121 Å². The molecule has 0 radical (unpaired) electrons. The molecule has 0 spiro atoms. The SMILES string of the molecule is Cc1ccc(F)c(NC(=O)[C@@H]2[C@@H](C(=O)O)[C@H]3CC[C@H]2O3)c1. The fourth-order valence-electron chi connectivity index (χ4n) is 3.28. The van der Waals surface area contributed by atoms with Crippen LogP contribution in [0.1, 0.15) is 18.4 Å². The van der Waals surface area contributed by atoms with Gasteiger partial charge in [0, 0.05) is 0 Å². The molecule has 0 unspecified atom stereocenters. The highest BCUT2D eigenvalue weighted by atomic mass is 19.1. The second-order valence-corrected chi connectivity index (χ2v) is 5.65. The van der Waals surface area contributed by atoms with E-state index in [9.17, 15) is 19.1 Å². The Morgan fingerprint density at radius 1 is 1.29 bits per heavy atom. The fourth-order valence-corrected chi connectivity index (χ4v) is 3.28. The summed E-state index contributed by atoms with van der Waals surface area (Å²) in [6.07, 6.45) is 0.530. The summed E-state index contributed by atoms with van der Waals surface area (Å²) in [5.74, 6) is -3.67. The highest BCUT2D eigenvalue weighted by molar-refractivity contribution is 5.96. The smallest absolute Gasteiger partial charge is 0.310 e. The Bertz CT molecular complexity index is 603. The van der Waals surface area contributed by atoms with Crippen LogP contribution in [0.4, 0.5) is 10.1 Å². The number of halogens is 1. The van der Waals surface area contributed by atoms with Gasteiger partial charge in [0.2, 0.25) is 5.91 Å². The second kappa shape index (κ2) is 5.11. The van der Waals surface area contributed by atoms with Gasteiger partial charge in [-0.1, -0.05) is 6.07 Å². The van der Waals surface area contributed by atoms with Crippen LogP contribution in [-0.2, 0) is 14.3 Å². The molecular weight excluding hydrogens is 277 g/mol. The van der Waals surface area contributed by atoms with E-state index in [1.165, 1.54) is 12.1 Å². The van der Waals surface area contributed by atoms with E-state index in [1.807, 2.05) is 0 Å². The highest BCUT2D eigenvalue weighted by Crippen LogP contribution is 2.44. The third kappa shape index (κ3) is 2.40. The molecule has 5 nitrogen and oxygen atoms in total. The summed E-state index contributed by atoms with van der Waals surface area (Å²) in [6.45, 7) is 1.79. The molecule has 1 aromatic rings. The Balaban J connectivity index is 1.81. The van der Waals surface area contributed by atoms with Crippen molar-refractivity contribution in [3.63, 3.8) is 0 Å². The lowest BCUT2D eigenvalue weighted by molar-refractivity contribution is -0.147. The fraction of sp³-hybridized carbons (Fsp3) is 0.467. The van der Waals surface area contributed by atoms with Crippen LogP contribution in [0.2, 0.25) is 0 Å². The van der Waals surface area contributed by atoms with Gasteiger partial charge in [0.25, 0.3) is 0 Å². The van der Waals surface area contributed by atoms with Gasteiger partial charge >= 0.3 is 5.97 Å². The molecule has 0 aliphatic carbocycles. The van der Waals surface area contributed by atoms with E-state index in [0.717, 1.165) is 5.56 Å². The van der Waals surface area contributed by atoms with Crippen LogP contribution in [0.3, 0.4) is 0 Å². The quantitative estimate of drug-likeness (QED) is 0.893. The zero-order valence-electron chi connectivity index (χ0n) is 11.5. The average molecular weight is 293 g/mol. The van der Waals surface area contributed by atoms with Crippen LogP contribution < -0.4 is 5.32 Å². The standard InChI is InChI=1S/C15H16FNO4/c1-7-2-3-8(16)9(6-7)17-14(18)12-10-4-5-11(21-10)13(12)15(19)20/h2-3,6,10-13H,4-5H2,1H3,(H,17,18)(H,19,20)/t10-,11-,12+,13+/m1/s1. The Morgan fingerprint density at radius 2 is 1.95 bits per heavy atom. The van der Waals surface area contributed by atoms with Crippen LogP contribution in [0, 0.1) is 24.6 Å². The van der Waals surface area contributed by atoms with Crippen LogP contribution in [0.15, 0.2) is 18.2 Å². The van der Waals surface area contributed by atoms with Crippen molar-refractivity contribution in [3.05, 3.63) is 29.6 Å². The summed E-state index contributed by atoms with van der Waals surface area (Å²) in [5.41, 5.74) is 0.887. The van der Waals surface area contributed by atoms with E-state index < -0.39 is 35.6 Å². The van der Waals surface area contributed by atoms with E-state index >= 15 is 0 Å². The molecule has 4 atom stereocenters. The number of fused-ring (bicyclic) bond motifs is 2. The molecule has 0 aromatic heterocycles. The molecule has 6 heteroatoms. The van der Waals surface area contributed by atoms with Crippen molar-refractivity contribution in [2.75, 3.05) is 5.32 Å². The number of aliphatic carboxylic acids is 1. The first-order chi connectivity index (χ1) is 9.97. The summed E-state index contributed by atoms with van der Waals surface area (Å²) in [4.78, 5) is 23.7. The number of amides is 1. The average Bonchev–Trinajstić information content (AvgIpc) is 3.03. The molecule has 21 heavy (non-hydrogen) atoms. The molecule has 2 saturated heterocycles. The lowest BCUT2D eigenvalue weighted by Crippen LogP contribution is -2.41. The molecule has 3 rings (SSSR count). The highest BCUT2D eigenvalue weighted by Gasteiger charge is 2.55.